The van der Waals surface area contributed by atoms with Crippen molar-refractivity contribution in [3.05, 3.63) is 76.8 Å². The quantitative estimate of drug-likeness (QED) is 0.665. The van der Waals surface area contributed by atoms with Crippen LogP contribution in [0, 0.1) is 5.82 Å². The van der Waals surface area contributed by atoms with E-state index in [0.717, 1.165) is 11.1 Å². The summed E-state index contributed by atoms with van der Waals surface area (Å²) < 4.78 is 15.1. The molecular weight excluding hydrogens is 367 g/mol. The monoisotopic (exact) mass is 384 g/mol. The van der Waals surface area contributed by atoms with E-state index in [-0.39, 0.29) is 23.8 Å². The predicted octanol–water partition coefficient (Wildman–Crippen LogP) is 4.55. The molecule has 7 heteroatoms. The first kappa shape index (κ1) is 17.7. The van der Waals surface area contributed by atoms with Gasteiger partial charge in [-0.2, -0.15) is 10.1 Å². The maximum atomic E-state index is 13.4. The van der Waals surface area contributed by atoms with Crippen LogP contribution in [0.1, 0.15) is 43.0 Å². The zero-order valence-corrected chi connectivity index (χ0v) is 15.5. The number of hydrogen-bond donors (Lipinski definition) is 0. The number of benzene rings is 2. The van der Waals surface area contributed by atoms with Gasteiger partial charge >= 0.3 is 0 Å². The highest BCUT2D eigenvalue weighted by Crippen LogP contribution is 2.42. The molecule has 2 aromatic carbocycles. The normalized spacial score (nSPS) is 19.0. The molecular formula is C20H18ClFN4O. The molecule has 0 fully saturated rings. The summed E-state index contributed by atoms with van der Waals surface area (Å²) in [6.07, 6.45) is 2.42. The van der Waals surface area contributed by atoms with Gasteiger partial charge in [0, 0.05) is 11.4 Å². The molecule has 0 aliphatic carbocycles. The van der Waals surface area contributed by atoms with Crippen LogP contribution in [0.25, 0.3) is 0 Å². The van der Waals surface area contributed by atoms with Crippen LogP contribution >= 0.6 is 11.6 Å². The van der Waals surface area contributed by atoms with Crippen molar-refractivity contribution < 1.29 is 9.18 Å². The average molecular weight is 385 g/mol. The molecule has 4 rings (SSSR count). The average Bonchev–Trinajstić information content (AvgIpc) is 3.17. The SMILES string of the molecule is CCC(=O)N1c2ncnn2[C@H](c2ccc(F)cc2)C[C@@H]1c1ccc(Cl)cc1. The maximum Gasteiger partial charge on any atom is 0.231 e. The third kappa shape index (κ3) is 3.21. The first-order valence-corrected chi connectivity index (χ1v) is 9.18. The van der Waals surface area contributed by atoms with Gasteiger partial charge in [-0.15, -0.1) is 0 Å². The highest BCUT2D eigenvalue weighted by atomic mass is 35.5. The number of nitrogens with zero attached hydrogens (tertiary/aromatic N) is 4. The number of anilines is 1. The Morgan fingerprint density at radius 3 is 2.41 bits per heavy atom. The van der Waals surface area contributed by atoms with Gasteiger partial charge in [-0.3, -0.25) is 9.69 Å². The van der Waals surface area contributed by atoms with Crippen LogP contribution in [0.15, 0.2) is 54.9 Å². The second-order valence-electron chi connectivity index (χ2n) is 6.49. The van der Waals surface area contributed by atoms with E-state index in [2.05, 4.69) is 10.1 Å². The Morgan fingerprint density at radius 2 is 1.74 bits per heavy atom. The summed E-state index contributed by atoms with van der Waals surface area (Å²) in [7, 11) is 0. The van der Waals surface area contributed by atoms with Crippen molar-refractivity contribution in [2.45, 2.75) is 31.8 Å². The minimum Gasteiger partial charge on any atom is -0.274 e. The van der Waals surface area contributed by atoms with Crippen molar-refractivity contribution in [2.75, 3.05) is 4.90 Å². The lowest BCUT2D eigenvalue weighted by molar-refractivity contribution is -0.119. The highest BCUT2D eigenvalue weighted by Gasteiger charge is 2.38. The molecule has 0 saturated carbocycles. The molecule has 2 heterocycles. The molecule has 0 saturated heterocycles. The van der Waals surface area contributed by atoms with Gasteiger partial charge in [0.25, 0.3) is 0 Å². The lowest BCUT2D eigenvalue weighted by atomic mass is 9.92. The van der Waals surface area contributed by atoms with Gasteiger partial charge in [-0.05, 0) is 41.8 Å². The molecule has 5 nitrogen and oxygen atoms in total. The van der Waals surface area contributed by atoms with Crippen LogP contribution in [-0.4, -0.2) is 20.7 Å². The Hall–Kier alpha value is -2.73. The van der Waals surface area contributed by atoms with Crippen LogP contribution in [0.2, 0.25) is 5.02 Å². The number of carbonyl (C=O) groups excluding carboxylic acids is 1. The van der Waals surface area contributed by atoms with Crippen LogP contribution in [0.3, 0.4) is 0 Å². The van der Waals surface area contributed by atoms with Crippen molar-refractivity contribution in [2.24, 2.45) is 0 Å². The second-order valence-corrected chi connectivity index (χ2v) is 6.93. The zero-order chi connectivity index (χ0) is 19.0. The molecule has 0 bridgehead atoms. The second kappa shape index (κ2) is 7.12. The van der Waals surface area contributed by atoms with E-state index < -0.39 is 0 Å². The smallest absolute Gasteiger partial charge is 0.231 e. The van der Waals surface area contributed by atoms with E-state index in [9.17, 15) is 9.18 Å². The van der Waals surface area contributed by atoms with Gasteiger partial charge in [-0.25, -0.2) is 9.07 Å². The van der Waals surface area contributed by atoms with Crippen molar-refractivity contribution in [3.8, 4) is 0 Å². The van der Waals surface area contributed by atoms with E-state index in [1.807, 2.05) is 31.2 Å². The summed E-state index contributed by atoms with van der Waals surface area (Å²) in [5.41, 5.74) is 1.90. The summed E-state index contributed by atoms with van der Waals surface area (Å²) in [5.74, 6) is 0.189. The Morgan fingerprint density at radius 1 is 1.11 bits per heavy atom. The van der Waals surface area contributed by atoms with Gasteiger partial charge in [0.2, 0.25) is 11.9 Å². The lowest BCUT2D eigenvalue weighted by Crippen LogP contribution is -2.42. The van der Waals surface area contributed by atoms with Crippen LogP contribution < -0.4 is 4.90 Å². The third-order valence-electron chi connectivity index (χ3n) is 4.90. The Balaban J connectivity index is 1.83. The zero-order valence-electron chi connectivity index (χ0n) is 14.7. The molecule has 1 amide bonds. The first-order valence-electron chi connectivity index (χ1n) is 8.81. The predicted molar refractivity (Wildman–Crippen MR) is 101 cm³/mol. The molecule has 138 valence electrons. The van der Waals surface area contributed by atoms with E-state index >= 15 is 0 Å². The number of amides is 1. The fourth-order valence-corrected chi connectivity index (χ4v) is 3.71. The first-order chi connectivity index (χ1) is 13.1. The summed E-state index contributed by atoms with van der Waals surface area (Å²) in [5, 5.41) is 4.98. The fraction of sp³-hybridized carbons (Fsp3) is 0.250. The van der Waals surface area contributed by atoms with Crippen LogP contribution in [0.4, 0.5) is 10.3 Å². The summed E-state index contributed by atoms with van der Waals surface area (Å²) >= 11 is 6.04. The topological polar surface area (TPSA) is 51.0 Å². The third-order valence-corrected chi connectivity index (χ3v) is 5.16. The molecule has 0 unspecified atom stereocenters. The van der Waals surface area contributed by atoms with E-state index in [4.69, 9.17) is 11.6 Å². The molecule has 1 aliphatic rings. The Kier molecular flexibility index (Phi) is 4.66. The molecule has 2 atom stereocenters. The van der Waals surface area contributed by atoms with Crippen molar-refractivity contribution in [1.82, 2.24) is 14.8 Å². The molecule has 0 radical (unpaired) electrons. The molecule has 1 aromatic heterocycles. The van der Waals surface area contributed by atoms with Gasteiger partial charge in [0.05, 0.1) is 12.1 Å². The maximum absolute atomic E-state index is 13.4. The van der Waals surface area contributed by atoms with Gasteiger partial charge in [-0.1, -0.05) is 42.8 Å². The van der Waals surface area contributed by atoms with Crippen molar-refractivity contribution in [1.29, 1.82) is 0 Å². The van der Waals surface area contributed by atoms with Crippen LogP contribution in [-0.2, 0) is 4.79 Å². The Bertz CT molecular complexity index is 955. The minimum absolute atomic E-state index is 0.0262. The molecule has 3 aromatic rings. The fourth-order valence-electron chi connectivity index (χ4n) is 3.58. The number of aromatic nitrogens is 3. The summed E-state index contributed by atoms with van der Waals surface area (Å²) in [6, 6.07) is 13.5. The highest BCUT2D eigenvalue weighted by molar-refractivity contribution is 6.30. The number of halogens is 2. The number of rotatable bonds is 3. The minimum atomic E-state index is -0.287. The standard InChI is InChI=1S/C20H18ClFN4O/c1-2-19(27)25-17(13-3-7-15(21)8-4-13)11-18(26-20(25)23-12-24-26)14-5-9-16(22)10-6-14/h3-10,12,17-18H,2,11H2,1H3/t17-,18+/m1/s1. The van der Waals surface area contributed by atoms with Crippen molar-refractivity contribution >= 4 is 23.5 Å². The van der Waals surface area contributed by atoms with Crippen molar-refractivity contribution in [3.63, 3.8) is 0 Å². The summed E-state index contributed by atoms with van der Waals surface area (Å²) in [4.78, 5) is 18.8. The molecule has 27 heavy (non-hydrogen) atoms. The van der Waals surface area contributed by atoms with E-state index in [1.165, 1.54) is 18.5 Å². The molecule has 0 spiro atoms. The van der Waals surface area contributed by atoms with Gasteiger partial charge in [0.15, 0.2) is 0 Å². The van der Waals surface area contributed by atoms with E-state index in [0.29, 0.717) is 23.8 Å². The summed E-state index contributed by atoms with van der Waals surface area (Å²) in [6.45, 7) is 1.83. The number of fused-ring (bicyclic) bond motifs is 1. The lowest BCUT2D eigenvalue weighted by Gasteiger charge is -2.39. The van der Waals surface area contributed by atoms with E-state index in [1.54, 1.807) is 21.7 Å². The molecule has 1 aliphatic heterocycles. The van der Waals surface area contributed by atoms with Crippen LogP contribution in [0.5, 0.6) is 0 Å². The van der Waals surface area contributed by atoms with Gasteiger partial charge < -0.3 is 0 Å². The number of hydrogen-bond acceptors (Lipinski definition) is 3. The Labute approximate surface area is 161 Å². The van der Waals surface area contributed by atoms with Gasteiger partial charge in [0.1, 0.15) is 12.1 Å². The number of carbonyl (C=O) groups is 1. The largest absolute Gasteiger partial charge is 0.274 e. The molecule has 0 N–H and O–H groups in total.